The summed E-state index contributed by atoms with van der Waals surface area (Å²) in [5.74, 6) is 0.682. The van der Waals surface area contributed by atoms with E-state index in [9.17, 15) is 0 Å². The van der Waals surface area contributed by atoms with Crippen LogP contribution >= 0.6 is 0 Å². The van der Waals surface area contributed by atoms with Crippen LogP contribution in [-0.2, 0) is 6.54 Å². The molecule has 0 fully saturated rings. The van der Waals surface area contributed by atoms with Crippen molar-refractivity contribution in [2.24, 2.45) is 0 Å². The lowest BCUT2D eigenvalue weighted by Gasteiger charge is -2.13. The lowest BCUT2D eigenvalue weighted by atomic mass is 10.1. The zero-order valence-electron chi connectivity index (χ0n) is 14.3. The number of rotatable bonds is 4. The zero-order valence-corrected chi connectivity index (χ0v) is 14.3. The Balaban J connectivity index is 1.89. The number of nitrogens with zero attached hydrogens (tertiary/aromatic N) is 5. The second kappa shape index (κ2) is 6.36. The molecule has 0 radical (unpaired) electrons. The van der Waals surface area contributed by atoms with Crippen molar-refractivity contribution in [3.05, 3.63) is 72.4 Å². The van der Waals surface area contributed by atoms with Crippen molar-refractivity contribution < 1.29 is 0 Å². The van der Waals surface area contributed by atoms with Gasteiger partial charge >= 0.3 is 0 Å². The molecule has 4 rings (SSSR count). The minimum absolute atomic E-state index is 0.682. The average molecular weight is 329 g/mol. The third-order valence-electron chi connectivity index (χ3n) is 4.11. The van der Waals surface area contributed by atoms with Crippen LogP contribution in [0, 0.1) is 0 Å². The Morgan fingerprint density at radius 2 is 1.56 bits per heavy atom. The highest BCUT2D eigenvalue weighted by Crippen LogP contribution is 2.28. The first-order chi connectivity index (χ1) is 12.2. The minimum Gasteiger partial charge on any atom is -0.347 e. The quantitative estimate of drug-likeness (QED) is 0.574. The topological polar surface area (TPSA) is 46.8 Å². The monoisotopic (exact) mass is 329 g/mol. The van der Waals surface area contributed by atoms with Crippen LogP contribution in [0.4, 0.5) is 5.95 Å². The van der Waals surface area contributed by atoms with Crippen molar-refractivity contribution in [2.75, 3.05) is 19.0 Å². The highest BCUT2D eigenvalue weighted by atomic mass is 15.3. The van der Waals surface area contributed by atoms with Crippen LogP contribution in [-0.4, -0.2) is 33.8 Å². The lowest BCUT2D eigenvalue weighted by Crippen LogP contribution is -2.14. The molecule has 0 amide bonds. The molecule has 0 saturated carbocycles. The Labute approximate surface area is 146 Å². The van der Waals surface area contributed by atoms with Crippen LogP contribution in [0.3, 0.4) is 0 Å². The highest BCUT2D eigenvalue weighted by Gasteiger charge is 2.15. The second-order valence-electron chi connectivity index (χ2n) is 6.16. The molecule has 25 heavy (non-hydrogen) atoms. The van der Waals surface area contributed by atoms with E-state index in [1.807, 2.05) is 66.3 Å². The van der Waals surface area contributed by atoms with Gasteiger partial charge < -0.3 is 4.90 Å². The van der Waals surface area contributed by atoms with E-state index < -0.39 is 0 Å². The van der Waals surface area contributed by atoms with Crippen molar-refractivity contribution in [2.45, 2.75) is 6.54 Å². The van der Waals surface area contributed by atoms with Crippen LogP contribution in [0.25, 0.3) is 22.3 Å². The molecule has 0 aliphatic rings. The summed E-state index contributed by atoms with van der Waals surface area (Å²) in [5.41, 5.74) is 4.02. The Bertz CT molecular complexity index is 991. The number of aromatic nitrogens is 4. The first kappa shape index (κ1) is 15.3. The van der Waals surface area contributed by atoms with E-state index in [-0.39, 0.29) is 0 Å². The van der Waals surface area contributed by atoms with Crippen LogP contribution in [0.5, 0.6) is 0 Å². The number of hydrogen-bond acceptors (Lipinski definition) is 4. The molecule has 4 aromatic rings. The van der Waals surface area contributed by atoms with Gasteiger partial charge in [0.1, 0.15) is 0 Å². The molecule has 0 atom stereocenters. The summed E-state index contributed by atoms with van der Waals surface area (Å²) in [4.78, 5) is 11.4. The summed E-state index contributed by atoms with van der Waals surface area (Å²) in [7, 11) is 3.90. The van der Waals surface area contributed by atoms with E-state index in [1.165, 1.54) is 5.56 Å². The SMILES string of the molecule is CN(C)c1nc(-c2ccccc2)c2cnn(Cc3ccccc3)c2n1. The summed E-state index contributed by atoms with van der Waals surface area (Å²) in [6.07, 6.45) is 1.86. The Morgan fingerprint density at radius 3 is 2.24 bits per heavy atom. The van der Waals surface area contributed by atoms with Crippen LogP contribution in [0.1, 0.15) is 5.56 Å². The van der Waals surface area contributed by atoms with Crippen LogP contribution in [0.15, 0.2) is 66.9 Å². The summed E-state index contributed by atoms with van der Waals surface area (Å²) in [6.45, 7) is 0.683. The first-order valence-electron chi connectivity index (χ1n) is 8.22. The lowest BCUT2D eigenvalue weighted by molar-refractivity contribution is 0.703. The highest BCUT2D eigenvalue weighted by molar-refractivity contribution is 5.91. The molecule has 2 heterocycles. The van der Waals surface area contributed by atoms with Gasteiger partial charge in [-0.2, -0.15) is 10.1 Å². The average Bonchev–Trinajstić information content (AvgIpc) is 3.05. The maximum atomic E-state index is 4.75. The van der Waals surface area contributed by atoms with Crippen molar-refractivity contribution >= 4 is 17.0 Å². The van der Waals surface area contributed by atoms with Gasteiger partial charge in [-0.3, -0.25) is 0 Å². The third-order valence-corrected chi connectivity index (χ3v) is 4.11. The predicted octanol–water partition coefficient (Wildman–Crippen LogP) is 3.61. The normalized spacial score (nSPS) is 11.0. The Morgan fingerprint density at radius 1 is 0.880 bits per heavy atom. The van der Waals surface area contributed by atoms with Crippen molar-refractivity contribution in [1.29, 1.82) is 0 Å². The first-order valence-corrected chi connectivity index (χ1v) is 8.22. The molecule has 2 aromatic carbocycles. The molecule has 0 bridgehead atoms. The molecule has 0 unspecified atom stereocenters. The fourth-order valence-electron chi connectivity index (χ4n) is 2.83. The Hall–Kier alpha value is -3.21. The van der Waals surface area contributed by atoms with E-state index in [0.717, 1.165) is 22.3 Å². The molecule has 5 heteroatoms. The number of hydrogen-bond donors (Lipinski definition) is 0. The van der Waals surface area contributed by atoms with Gasteiger partial charge in [0.05, 0.1) is 23.8 Å². The van der Waals surface area contributed by atoms with Gasteiger partial charge in [0, 0.05) is 19.7 Å². The van der Waals surface area contributed by atoms with Gasteiger partial charge in [-0.25, -0.2) is 9.67 Å². The molecule has 0 aliphatic carbocycles. The van der Waals surface area contributed by atoms with Gasteiger partial charge in [0.15, 0.2) is 5.65 Å². The molecule has 0 saturated heterocycles. The van der Waals surface area contributed by atoms with Crippen molar-refractivity contribution in [1.82, 2.24) is 19.7 Å². The van der Waals surface area contributed by atoms with Gasteiger partial charge in [-0.1, -0.05) is 60.7 Å². The van der Waals surface area contributed by atoms with E-state index in [0.29, 0.717) is 12.5 Å². The molecular formula is C20H19N5. The van der Waals surface area contributed by atoms with Crippen molar-refractivity contribution in [3.63, 3.8) is 0 Å². The summed E-state index contributed by atoms with van der Waals surface area (Å²) < 4.78 is 1.94. The zero-order chi connectivity index (χ0) is 17.2. The van der Waals surface area contributed by atoms with E-state index in [4.69, 9.17) is 9.97 Å². The van der Waals surface area contributed by atoms with Gasteiger partial charge in [-0.05, 0) is 5.56 Å². The molecule has 0 spiro atoms. The number of benzene rings is 2. The fraction of sp³-hybridized carbons (Fsp3) is 0.150. The molecule has 0 N–H and O–H groups in total. The van der Waals surface area contributed by atoms with Gasteiger partial charge in [0.2, 0.25) is 5.95 Å². The van der Waals surface area contributed by atoms with Crippen molar-refractivity contribution in [3.8, 4) is 11.3 Å². The minimum atomic E-state index is 0.682. The molecule has 124 valence electrons. The second-order valence-corrected chi connectivity index (χ2v) is 6.16. The third kappa shape index (κ3) is 2.96. The van der Waals surface area contributed by atoms with Gasteiger partial charge in [0.25, 0.3) is 0 Å². The molecule has 2 aromatic heterocycles. The maximum absolute atomic E-state index is 4.75. The number of fused-ring (bicyclic) bond motifs is 1. The summed E-state index contributed by atoms with van der Waals surface area (Å²) >= 11 is 0. The smallest absolute Gasteiger partial charge is 0.227 e. The molecular weight excluding hydrogens is 310 g/mol. The van der Waals surface area contributed by atoms with Crippen LogP contribution < -0.4 is 4.90 Å². The summed E-state index contributed by atoms with van der Waals surface area (Å²) in [5, 5.41) is 5.54. The van der Waals surface area contributed by atoms with E-state index in [1.54, 1.807) is 0 Å². The summed E-state index contributed by atoms with van der Waals surface area (Å²) in [6, 6.07) is 20.5. The number of anilines is 1. The molecule has 0 aliphatic heterocycles. The Kier molecular flexibility index (Phi) is 3.90. The molecule has 5 nitrogen and oxygen atoms in total. The fourth-order valence-corrected chi connectivity index (χ4v) is 2.83. The van der Waals surface area contributed by atoms with E-state index in [2.05, 4.69) is 29.4 Å². The maximum Gasteiger partial charge on any atom is 0.227 e. The van der Waals surface area contributed by atoms with Crippen LogP contribution in [0.2, 0.25) is 0 Å². The predicted molar refractivity (Wildman–Crippen MR) is 101 cm³/mol. The standard InChI is InChI=1S/C20H19N5/c1-24(2)20-22-18(16-11-7-4-8-12-16)17-13-21-25(19(17)23-20)14-15-9-5-3-6-10-15/h3-13H,14H2,1-2H3. The van der Waals surface area contributed by atoms with Gasteiger partial charge in [-0.15, -0.1) is 0 Å². The van der Waals surface area contributed by atoms with E-state index >= 15 is 0 Å². The largest absolute Gasteiger partial charge is 0.347 e.